The molecule has 1 fully saturated rings. The monoisotopic (exact) mass is 421 g/mol. The fraction of sp³-hybridized carbons (Fsp3) is 0.217. The topological polar surface area (TPSA) is 37.6 Å². The molecule has 2 heterocycles. The van der Waals surface area contributed by atoms with Crippen molar-refractivity contribution >= 4 is 57.3 Å². The van der Waals surface area contributed by atoms with Gasteiger partial charge in [0.05, 0.1) is 10.6 Å². The number of carbonyl (C=O) groups excluding carboxylic acids is 1. The first kappa shape index (κ1) is 19.9. The van der Waals surface area contributed by atoms with Crippen molar-refractivity contribution in [3.63, 3.8) is 0 Å². The SMILES string of the molecule is CSc1cccc(N=C2S/C(=C/c3cn(C(C)C)c4ccccc34)C(=O)N2C)c1. The van der Waals surface area contributed by atoms with Crippen molar-refractivity contribution in [2.24, 2.45) is 4.99 Å². The van der Waals surface area contributed by atoms with Crippen LogP contribution in [0.2, 0.25) is 0 Å². The van der Waals surface area contributed by atoms with Gasteiger partial charge in [0.1, 0.15) is 0 Å². The fourth-order valence-electron chi connectivity index (χ4n) is 3.36. The second kappa shape index (κ2) is 8.13. The molecule has 0 spiro atoms. The number of hydrogen-bond acceptors (Lipinski definition) is 4. The third-order valence-electron chi connectivity index (χ3n) is 4.90. The molecule has 0 bridgehead atoms. The quantitative estimate of drug-likeness (QED) is 0.373. The fourth-order valence-corrected chi connectivity index (χ4v) is 4.79. The molecule has 1 aliphatic rings. The van der Waals surface area contributed by atoms with Crippen LogP contribution in [0.1, 0.15) is 25.5 Å². The van der Waals surface area contributed by atoms with Gasteiger partial charge in [0.2, 0.25) is 0 Å². The van der Waals surface area contributed by atoms with Crippen LogP contribution in [0, 0.1) is 0 Å². The molecule has 6 heteroatoms. The van der Waals surface area contributed by atoms with Gasteiger partial charge in [0, 0.05) is 40.6 Å². The number of fused-ring (bicyclic) bond motifs is 1. The van der Waals surface area contributed by atoms with Gasteiger partial charge >= 0.3 is 0 Å². The number of nitrogens with zero attached hydrogens (tertiary/aromatic N) is 3. The maximum atomic E-state index is 12.9. The third kappa shape index (κ3) is 3.87. The highest BCUT2D eigenvalue weighted by Gasteiger charge is 2.30. The highest BCUT2D eigenvalue weighted by Crippen LogP contribution is 2.35. The Hall–Kier alpha value is -2.44. The molecule has 0 atom stereocenters. The second-order valence-corrected chi connectivity index (χ2v) is 9.06. The lowest BCUT2D eigenvalue weighted by atomic mass is 10.1. The van der Waals surface area contributed by atoms with Crippen molar-refractivity contribution in [1.82, 2.24) is 9.47 Å². The molecule has 4 rings (SSSR count). The predicted octanol–water partition coefficient (Wildman–Crippen LogP) is 6.18. The van der Waals surface area contributed by atoms with E-state index in [9.17, 15) is 4.79 Å². The minimum absolute atomic E-state index is 0.0175. The average molecular weight is 422 g/mol. The molecule has 3 aromatic rings. The highest BCUT2D eigenvalue weighted by atomic mass is 32.2. The number of para-hydroxylation sites is 1. The lowest BCUT2D eigenvalue weighted by Crippen LogP contribution is -2.23. The zero-order chi connectivity index (χ0) is 20.5. The van der Waals surface area contributed by atoms with Crippen molar-refractivity contribution < 1.29 is 4.79 Å². The van der Waals surface area contributed by atoms with E-state index in [-0.39, 0.29) is 5.91 Å². The Balaban J connectivity index is 1.71. The van der Waals surface area contributed by atoms with E-state index in [1.807, 2.05) is 36.6 Å². The maximum Gasteiger partial charge on any atom is 0.266 e. The Kier molecular flexibility index (Phi) is 5.56. The summed E-state index contributed by atoms with van der Waals surface area (Å²) in [4.78, 5) is 21.0. The number of aromatic nitrogens is 1. The summed E-state index contributed by atoms with van der Waals surface area (Å²) >= 11 is 3.11. The molecule has 0 unspecified atom stereocenters. The molecule has 4 nitrogen and oxygen atoms in total. The average Bonchev–Trinajstić information content (AvgIpc) is 3.22. The van der Waals surface area contributed by atoms with Crippen molar-refractivity contribution in [3.8, 4) is 0 Å². The number of likely N-dealkylation sites (N-methyl/N-ethyl adjacent to an activating group) is 1. The Morgan fingerprint density at radius 3 is 2.69 bits per heavy atom. The number of benzene rings is 2. The number of carbonyl (C=O) groups is 1. The van der Waals surface area contributed by atoms with Gasteiger partial charge in [0.25, 0.3) is 5.91 Å². The van der Waals surface area contributed by atoms with Crippen LogP contribution in [0.4, 0.5) is 5.69 Å². The molecule has 1 aliphatic heterocycles. The van der Waals surface area contributed by atoms with Gasteiger partial charge in [-0.2, -0.15) is 0 Å². The van der Waals surface area contributed by atoms with Crippen molar-refractivity contribution in [2.75, 3.05) is 13.3 Å². The van der Waals surface area contributed by atoms with Crippen LogP contribution in [0.5, 0.6) is 0 Å². The van der Waals surface area contributed by atoms with Crippen molar-refractivity contribution in [3.05, 3.63) is 65.2 Å². The summed E-state index contributed by atoms with van der Waals surface area (Å²) in [6.07, 6.45) is 6.17. The molecule has 1 saturated heterocycles. The van der Waals surface area contributed by atoms with Crippen LogP contribution in [0.25, 0.3) is 17.0 Å². The number of rotatable bonds is 4. The summed E-state index contributed by atoms with van der Waals surface area (Å²) in [5.41, 5.74) is 3.10. The largest absolute Gasteiger partial charge is 0.344 e. The summed E-state index contributed by atoms with van der Waals surface area (Å²) in [7, 11) is 1.78. The Bertz CT molecular complexity index is 1140. The number of aliphatic imine (C=N–C) groups is 1. The van der Waals surface area contributed by atoms with Crippen LogP contribution < -0.4 is 0 Å². The maximum absolute atomic E-state index is 12.9. The minimum Gasteiger partial charge on any atom is -0.344 e. The van der Waals surface area contributed by atoms with Gasteiger partial charge < -0.3 is 4.57 Å². The molecular formula is C23H23N3OS2. The number of amides is 1. The zero-order valence-corrected chi connectivity index (χ0v) is 18.6. The summed E-state index contributed by atoms with van der Waals surface area (Å²) in [6, 6.07) is 16.7. The lowest BCUT2D eigenvalue weighted by Gasteiger charge is -2.08. The molecule has 29 heavy (non-hydrogen) atoms. The summed E-state index contributed by atoms with van der Waals surface area (Å²) < 4.78 is 2.25. The van der Waals surface area contributed by atoms with E-state index in [1.165, 1.54) is 17.3 Å². The first-order valence-electron chi connectivity index (χ1n) is 9.48. The first-order chi connectivity index (χ1) is 14.0. The molecule has 0 saturated carbocycles. The van der Waals surface area contributed by atoms with Gasteiger partial charge in [-0.05, 0) is 62.2 Å². The molecule has 1 amide bonds. The summed E-state index contributed by atoms with van der Waals surface area (Å²) in [5, 5.41) is 1.86. The van der Waals surface area contributed by atoms with Gasteiger partial charge in [0.15, 0.2) is 5.17 Å². The summed E-state index contributed by atoms with van der Waals surface area (Å²) in [6.45, 7) is 4.33. The molecular weight excluding hydrogens is 398 g/mol. The van der Waals surface area contributed by atoms with Gasteiger partial charge in [-0.25, -0.2) is 4.99 Å². The van der Waals surface area contributed by atoms with Crippen LogP contribution in [-0.2, 0) is 4.79 Å². The van der Waals surface area contributed by atoms with E-state index < -0.39 is 0 Å². The molecule has 0 N–H and O–H groups in total. The van der Waals surface area contributed by atoms with Gasteiger partial charge in [-0.15, -0.1) is 11.8 Å². The summed E-state index contributed by atoms with van der Waals surface area (Å²) in [5.74, 6) is -0.0175. The zero-order valence-electron chi connectivity index (χ0n) is 16.9. The normalized spacial score (nSPS) is 17.4. The highest BCUT2D eigenvalue weighted by molar-refractivity contribution is 8.18. The molecule has 1 aromatic heterocycles. The van der Waals surface area contributed by atoms with Gasteiger partial charge in [-0.3, -0.25) is 9.69 Å². The first-order valence-corrected chi connectivity index (χ1v) is 11.5. The smallest absolute Gasteiger partial charge is 0.266 e. The number of hydrogen-bond donors (Lipinski definition) is 0. The number of thioether (sulfide) groups is 2. The van der Waals surface area contributed by atoms with Crippen LogP contribution in [0.3, 0.4) is 0 Å². The standard InChI is InChI=1S/C23H23N3OS2/c1-15(2)26-14-16(19-10-5-6-11-20(19)26)12-21-22(27)25(3)23(29-21)24-17-8-7-9-18(13-17)28-4/h5-15H,1-4H3/b21-12+,24-23?. The van der Waals surface area contributed by atoms with Crippen molar-refractivity contribution in [2.45, 2.75) is 24.8 Å². The van der Waals surface area contributed by atoms with E-state index in [1.54, 1.807) is 23.7 Å². The molecule has 0 radical (unpaired) electrons. The van der Waals surface area contributed by atoms with E-state index >= 15 is 0 Å². The van der Waals surface area contributed by atoms with E-state index in [2.05, 4.69) is 48.9 Å². The van der Waals surface area contributed by atoms with Gasteiger partial charge in [-0.1, -0.05) is 24.3 Å². The second-order valence-electron chi connectivity index (χ2n) is 7.17. The van der Waals surface area contributed by atoms with E-state index in [4.69, 9.17) is 4.99 Å². The molecule has 0 aliphatic carbocycles. The Morgan fingerprint density at radius 1 is 1.14 bits per heavy atom. The number of amidine groups is 1. The third-order valence-corrected chi connectivity index (χ3v) is 6.68. The van der Waals surface area contributed by atoms with E-state index in [0.717, 1.165) is 21.5 Å². The lowest BCUT2D eigenvalue weighted by molar-refractivity contribution is -0.121. The molecule has 2 aromatic carbocycles. The minimum atomic E-state index is -0.0175. The van der Waals surface area contributed by atoms with Crippen LogP contribution in [0.15, 0.2) is 69.5 Å². The van der Waals surface area contributed by atoms with Crippen molar-refractivity contribution in [1.29, 1.82) is 0 Å². The van der Waals surface area contributed by atoms with E-state index in [0.29, 0.717) is 16.1 Å². The predicted molar refractivity (Wildman–Crippen MR) is 126 cm³/mol. The Morgan fingerprint density at radius 2 is 1.93 bits per heavy atom. The Labute approximate surface area is 179 Å². The van der Waals surface area contributed by atoms with Crippen LogP contribution in [-0.4, -0.2) is 33.8 Å². The molecule has 148 valence electrons. The van der Waals surface area contributed by atoms with Crippen LogP contribution >= 0.6 is 23.5 Å².